The lowest BCUT2D eigenvalue weighted by Crippen LogP contribution is -2.27. The van der Waals surface area contributed by atoms with Crippen LogP contribution in [0.15, 0.2) is 52.3 Å². The van der Waals surface area contributed by atoms with E-state index in [0.717, 1.165) is 6.21 Å². The largest absolute Gasteiger partial charge is 0.388 e. The molecule has 126 valence electrons. The van der Waals surface area contributed by atoms with Gasteiger partial charge in [-0.3, -0.25) is 0 Å². The lowest BCUT2D eigenvalue weighted by Gasteiger charge is -2.12. The minimum atomic E-state index is -0.335. The summed E-state index contributed by atoms with van der Waals surface area (Å²) >= 11 is 0. The van der Waals surface area contributed by atoms with Gasteiger partial charge in [-0.15, -0.1) is 0 Å². The van der Waals surface area contributed by atoms with Gasteiger partial charge in [0.25, 0.3) is 0 Å². The summed E-state index contributed by atoms with van der Waals surface area (Å²) in [5.41, 5.74) is 4.84. The molecular weight excluding hydrogens is 311 g/mol. The van der Waals surface area contributed by atoms with Crippen LogP contribution in [0.1, 0.15) is 12.6 Å². The first-order valence-electron chi connectivity index (χ1n) is 7.11. The highest BCUT2D eigenvalue weighted by Crippen LogP contribution is 2.27. The lowest BCUT2D eigenvalue weighted by atomic mass is 10.1. The first-order chi connectivity index (χ1) is 11.6. The zero-order valence-electron chi connectivity index (χ0n) is 13.4. The summed E-state index contributed by atoms with van der Waals surface area (Å²) in [7, 11) is 1.81. The molecule has 0 aliphatic heterocycles. The molecule has 1 aromatic carbocycles. The molecular formula is C16H19FN6O. The second-order valence-corrected chi connectivity index (χ2v) is 4.91. The summed E-state index contributed by atoms with van der Waals surface area (Å²) in [4.78, 5) is 4.38. The number of hydrogen-bond acceptors (Lipinski definition) is 4. The smallest absolute Gasteiger partial charge is 0.135 e. The van der Waals surface area contributed by atoms with Gasteiger partial charge in [0.05, 0.1) is 11.4 Å². The van der Waals surface area contributed by atoms with Crippen molar-refractivity contribution in [3.05, 3.63) is 54.3 Å². The normalized spacial score (nSPS) is 12.0. The van der Waals surface area contributed by atoms with Gasteiger partial charge >= 0.3 is 0 Å². The SMILES string of the molecule is C/C(=N\C(=C/C=N)c1c(-c2ccc(F)cc2)[nH]occn1C)NN. The van der Waals surface area contributed by atoms with Crippen molar-refractivity contribution in [3.8, 4) is 11.3 Å². The van der Waals surface area contributed by atoms with Gasteiger partial charge in [0.1, 0.15) is 23.6 Å². The number of nitrogens with two attached hydrogens (primary N) is 1. The zero-order chi connectivity index (χ0) is 17.5. The molecule has 0 unspecified atom stereocenters. The number of aromatic nitrogens is 2. The van der Waals surface area contributed by atoms with Gasteiger partial charge in [0, 0.05) is 25.0 Å². The van der Waals surface area contributed by atoms with E-state index in [1.807, 2.05) is 7.05 Å². The van der Waals surface area contributed by atoms with Gasteiger partial charge in [-0.25, -0.2) is 20.4 Å². The van der Waals surface area contributed by atoms with E-state index in [4.69, 9.17) is 15.8 Å². The number of benzene rings is 1. The minimum absolute atomic E-state index is 0.335. The topological polar surface area (TPSA) is 108 Å². The highest BCUT2D eigenvalue weighted by Gasteiger charge is 2.13. The predicted octanol–water partition coefficient (Wildman–Crippen LogP) is 2.75. The summed E-state index contributed by atoms with van der Waals surface area (Å²) in [6.45, 7) is 1.70. The summed E-state index contributed by atoms with van der Waals surface area (Å²) < 4.78 is 20.3. The van der Waals surface area contributed by atoms with Crippen molar-refractivity contribution < 1.29 is 8.91 Å². The summed E-state index contributed by atoms with van der Waals surface area (Å²) in [6, 6.07) is 5.96. The van der Waals surface area contributed by atoms with Gasteiger partial charge in [-0.2, -0.15) is 0 Å². The van der Waals surface area contributed by atoms with Crippen LogP contribution >= 0.6 is 0 Å². The first-order valence-corrected chi connectivity index (χ1v) is 7.11. The van der Waals surface area contributed by atoms with Gasteiger partial charge in [-0.1, -0.05) is 0 Å². The van der Waals surface area contributed by atoms with E-state index in [2.05, 4.69) is 15.6 Å². The molecule has 7 nitrogen and oxygen atoms in total. The van der Waals surface area contributed by atoms with Crippen LogP contribution in [0.25, 0.3) is 17.0 Å². The Bertz CT molecular complexity index is 808. The quantitative estimate of drug-likeness (QED) is 0.299. The minimum Gasteiger partial charge on any atom is -0.388 e. The van der Waals surface area contributed by atoms with Crippen molar-refractivity contribution in [2.75, 3.05) is 0 Å². The predicted molar refractivity (Wildman–Crippen MR) is 92.2 cm³/mol. The maximum atomic E-state index is 13.2. The molecule has 0 bridgehead atoms. The van der Waals surface area contributed by atoms with Crippen LogP contribution in [0.5, 0.6) is 0 Å². The molecule has 0 aliphatic carbocycles. The second-order valence-electron chi connectivity index (χ2n) is 4.91. The molecule has 0 radical (unpaired) electrons. The molecule has 0 atom stereocenters. The fraction of sp³-hybridized carbons (Fsp3) is 0.125. The van der Waals surface area contributed by atoms with Crippen molar-refractivity contribution in [1.29, 1.82) is 5.41 Å². The maximum absolute atomic E-state index is 13.2. The molecule has 0 amide bonds. The average molecular weight is 330 g/mol. The molecule has 2 aromatic rings. The Morgan fingerprint density at radius 1 is 1.42 bits per heavy atom. The number of aliphatic imine (C=N–C) groups is 1. The highest BCUT2D eigenvalue weighted by atomic mass is 19.1. The van der Waals surface area contributed by atoms with Crippen molar-refractivity contribution in [2.24, 2.45) is 17.9 Å². The van der Waals surface area contributed by atoms with Crippen molar-refractivity contribution in [3.63, 3.8) is 0 Å². The van der Waals surface area contributed by atoms with Crippen LogP contribution in [0, 0.1) is 11.2 Å². The van der Waals surface area contributed by atoms with E-state index in [9.17, 15) is 4.39 Å². The van der Waals surface area contributed by atoms with Crippen molar-refractivity contribution >= 4 is 17.7 Å². The lowest BCUT2D eigenvalue weighted by molar-refractivity contribution is 0.408. The van der Waals surface area contributed by atoms with Crippen LogP contribution in [0.4, 0.5) is 4.39 Å². The Hall–Kier alpha value is -3.13. The molecule has 1 aromatic heterocycles. The van der Waals surface area contributed by atoms with Crippen LogP contribution < -0.4 is 11.3 Å². The number of aryl methyl sites for hydroxylation is 1. The fourth-order valence-corrected chi connectivity index (χ4v) is 2.10. The zero-order valence-corrected chi connectivity index (χ0v) is 13.4. The monoisotopic (exact) mass is 330 g/mol. The number of rotatable bonds is 4. The molecule has 0 spiro atoms. The number of amidine groups is 1. The summed E-state index contributed by atoms with van der Waals surface area (Å²) in [5.74, 6) is 5.52. The number of nitrogens with zero attached hydrogens (tertiary/aromatic N) is 2. The number of aromatic amines is 1. The summed E-state index contributed by atoms with van der Waals surface area (Å²) in [5, 5.41) is 10.2. The van der Waals surface area contributed by atoms with Crippen molar-refractivity contribution in [1.82, 2.24) is 15.1 Å². The van der Waals surface area contributed by atoms with E-state index >= 15 is 0 Å². The molecule has 0 saturated heterocycles. The van der Waals surface area contributed by atoms with Gasteiger partial charge in [0.15, 0.2) is 0 Å². The second kappa shape index (κ2) is 7.93. The molecule has 0 aliphatic rings. The van der Waals surface area contributed by atoms with Crippen LogP contribution in [0.3, 0.4) is 0 Å². The number of halogens is 1. The van der Waals surface area contributed by atoms with Crippen LogP contribution in [0.2, 0.25) is 0 Å². The number of hydrazine groups is 1. The van der Waals surface area contributed by atoms with Gasteiger partial charge in [0.2, 0.25) is 0 Å². The third kappa shape index (κ3) is 3.99. The molecule has 2 rings (SSSR count). The molecule has 8 heteroatoms. The van der Waals surface area contributed by atoms with Gasteiger partial charge in [-0.05, 0) is 37.3 Å². The van der Waals surface area contributed by atoms with Gasteiger partial charge < -0.3 is 19.9 Å². The van der Waals surface area contributed by atoms with Crippen molar-refractivity contribution in [2.45, 2.75) is 6.92 Å². The third-order valence-corrected chi connectivity index (χ3v) is 3.22. The maximum Gasteiger partial charge on any atom is 0.135 e. The number of nitrogens with one attached hydrogen (secondary N) is 3. The van der Waals surface area contributed by atoms with E-state index in [-0.39, 0.29) is 5.82 Å². The Morgan fingerprint density at radius 3 is 2.75 bits per heavy atom. The fourth-order valence-electron chi connectivity index (χ4n) is 2.10. The number of H-pyrrole nitrogens is 1. The highest BCUT2D eigenvalue weighted by molar-refractivity contribution is 5.92. The Balaban J connectivity index is 2.76. The standard InChI is InChI=1S/C16H19FN6O/c1-11(21-19)20-14(7-8-18)16-15(22-24-10-9-23(16)2)12-3-5-13(17)6-4-12/h3-10,18,22H,19H2,1-2H3,(H,20,21)/b14-7-,18-8?. The van der Waals surface area contributed by atoms with E-state index < -0.39 is 0 Å². The van der Waals surface area contributed by atoms with E-state index in [0.29, 0.717) is 28.5 Å². The Kier molecular flexibility index (Phi) is 5.69. The Morgan fingerprint density at radius 2 is 2.12 bits per heavy atom. The van der Waals surface area contributed by atoms with Crippen LogP contribution in [-0.4, -0.2) is 21.8 Å². The molecule has 0 saturated carbocycles. The Labute approximate surface area is 138 Å². The average Bonchev–Trinajstić information content (AvgIpc) is 2.76. The molecule has 1 heterocycles. The molecule has 5 N–H and O–H groups in total. The summed E-state index contributed by atoms with van der Waals surface area (Å²) in [6.07, 6.45) is 5.81. The molecule has 24 heavy (non-hydrogen) atoms. The van der Waals surface area contributed by atoms with E-state index in [1.165, 1.54) is 24.5 Å². The van der Waals surface area contributed by atoms with Crippen LogP contribution in [-0.2, 0) is 7.05 Å². The molecule has 0 fully saturated rings. The number of hydrogen-bond donors (Lipinski definition) is 4. The first kappa shape index (κ1) is 17.2. The third-order valence-electron chi connectivity index (χ3n) is 3.22. The number of allylic oxidation sites excluding steroid dienone is 1. The van der Waals surface area contributed by atoms with E-state index in [1.54, 1.807) is 29.8 Å².